The van der Waals surface area contributed by atoms with Gasteiger partial charge in [-0.2, -0.15) is 26.3 Å². The zero-order valence-electron chi connectivity index (χ0n) is 8.05. The summed E-state index contributed by atoms with van der Waals surface area (Å²) in [6.07, 6.45) is -10.7. The summed E-state index contributed by atoms with van der Waals surface area (Å²) in [6.45, 7) is 2.47. The topological polar surface area (TPSA) is 0 Å². The van der Waals surface area contributed by atoms with E-state index in [4.69, 9.17) is 0 Å². The highest BCUT2D eigenvalue weighted by molar-refractivity contribution is 4.92. The Morgan fingerprint density at radius 1 is 0.929 bits per heavy atom. The van der Waals surface area contributed by atoms with Gasteiger partial charge in [-0.1, -0.05) is 20.3 Å². The van der Waals surface area contributed by atoms with Crippen molar-refractivity contribution >= 4 is 0 Å². The van der Waals surface area contributed by atoms with E-state index in [1.807, 2.05) is 0 Å². The van der Waals surface area contributed by atoms with E-state index in [-0.39, 0.29) is 13.3 Å². The molecule has 0 N–H and O–H groups in total. The van der Waals surface area contributed by atoms with Crippen molar-refractivity contribution in [3.05, 3.63) is 0 Å². The van der Waals surface area contributed by atoms with E-state index in [1.165, 1.54) is 6.92 Å². The fourth-order valence-corrected chi connectivity index (χ4v) is 1.13. The highest BCUT2D eigenvalue weighted by atomic mass is 19.4. The van der Waals surface area contributed by atoms with Gasteiger partial charge in [0.1, 0.15) is 0 Å². The second-order valence-corrected chi connectivity index (χ2v) is 3.51. The molecular formula is C8H12F6. The van der Waals surface area contributed by atoms with Crippen LogP contribution in [0.15, 0.2) is 0 Å². The van der Waals surface area contributed by atoms with Crippen LogP contribution in [0.25, 0.3) is 0 Å². The molecule has 0 amide bonds. The van der Waals surface area contributed by atoms with Crippen molar-refractivity contribution in [1.29, 1.82) is 0 Å². The van der Waals surface area contributed by atoms with Gasteiger partial charge in [0.05, 0.1) is 0 Å². The molecule has 0 bridgehead atoms. The predicted octanol–water partition coefficient (Wildman–Crippen LogP) is 4.16. The van der Waals surface area contributed by atoms with Gasteiger partial charge in [0.25, 0.3) is 0 Å². The van der Waals surface area contributed by atoms with Crippen molar-refractivity contribution in [3.8, 4) is 0 Å². The van der Waals surface area contributed by atoms with Gasteiger partial charge in [0.2, 0.25) is 0 Å². The molecule has 0 aliphatic heterocycles. The molecule has 0 fully saturated rings. The summed E-state index contributed by atoms with van der Waals surface area (Å²) >= 11 is 0. The highest BCUT2D eigenvalue weighted by Crippen LogP contribution is 2.55. The maximum atomic E-state index is 12.3. The molecule has 0 aromatic rings. The summed E-state index contributed by atoms with van der Waals surface area (Å²) in [5.41, 5.74) is -3.62. The summed E-state index contributed by atoms with van der Waals surface area (Å²) in [7, 11) is 0. The Kier molecular flexibility index (Phi) is 3.51. The quantitative estimate of drug-likeness (QED) is 0.615. The lowest BCUT2D eigenvalue weighted by atomic mass is 9.75. The molecule has 1 atom stereocenters. The predicted molar refractivity (Wildman–Crippen MR) is 39.7 cm³/mol. The first-order valence-corrected chi connectivity index (χ1v) is 4.12. The average molecular weight is 222 g/mol. The van der Waals surface area contributed by atoms with Crippen LogP contribution >= 0.6 is 0 Å². The molecule has 0 rings (SSSR count). The molecule has 0 aromatic heterocycles. The van der Waals surface area contributed by atoms with Crippen LogP contribution in [-0.2, 0) is 0 Å². The van der Waals surface area contributed by atoms with Crippen LogP contribution in [-0.4, -0.2) is 12.4 Å². The molecule has 0 aliphatic rings. The molecule has 0 aromatic carbocycles. The Balaban J connectivity index is 5.29. The number of hydrogen-bond donors (Lipinski definition) is 0. The summed E-state index contributed by atoms with van der Waals surface area (Å²) < 4.78 is 73.9. The largest absolute Gasteiger partial charge is 0.403 e. The minimum absolute atomic E-state index is 0.171. The van der Waals surface area contributed by atoms with Crippen LogP contribution < -0.4 is 0 Å². The van der Waals surface area contributed by atoms with Gasteiger partial charge in [0, 0.05) is 0 Å². The van der Waals surface area contributed by atoms with Crippen LogP contribution in [0.2, 0.25) is 0 Å². The van der Waals surface area contributed by atoms with Crippen LogP contribution in [0.3, 0.4) is 0 Å². The third-order valence-electron chi connectivity index (χ3n) is 2.78. The van der Waals surface area contributed by atoms with E-state index in [1.54, 1.807) is 0 Å². The summed E-state index contributed by atoms with van der Waals surface area (Å²) in [4.78, 5) is 0. The van der Waals surface area contributed by atoms with Gasteiger partial charge < -0.3 is 0 Å². The Labute approximate surface area is 78.3 Å². The molecule has 0 heterocycles. The number of halogens is 6. The minimum atomic E-state index is -5.26. The average Bonchev–Trinajstić information content (AvgIpc) is 1.97. The number of rotatable bonds is 2. The molecule has 0 aliphatic carbocycles. The molecule has 0 radical (unpaired) electrons. The summed E-state index contributed by atoms with van der Waals surface area (Å²) in [5.74, 6) is -1.48. The Bertz CT molecular complexity index is 175. The van der Waals surface area contributed by atoms with Crippen molar-refractivity contribution < 1.29 is 26.3 Å². The highest BCUT2D eigenvalue weighted by Gasteiger charge is 2.69. The van der Waals surface area contributed by atoms with Gasteiger partial charge in [-0.3, -0.25) is 0 Å². The maximum absolute atomic E-state index is 12.3. The molecule has 6 heteroatoms. The maximum Gasteiger partial charge on any atom is 0.403 e. The summed E-state index contributed by atoms with van der Waals surface area (Å²) in [6, 6.07) is 0. The third-order valence-corrected chi connectivity index (χ3v) is 2.78. The second-order valence-electron chi connectivity index (χ2n) is 3.51. The SMILES string of the molecule is CC[C@H](C)C(C)(C(F)(F)F)C(F)(F)F. The Morgan fingerprint density at radius 3 is 1.29 bits per heavy atom. The molecule has 86 valence electrons. The van der Waals surface area contributed by atoms with E-state index in [2.05, 4.69) is 0 Å². The van der Waals surface area contributed by atoms with Gasteiger partial charge >= 0.3 is 12.4 Å². The minimum Gasteiger partial charge on any atom is -0.170 e. The smallest absolute Gasteiger partial charge is 0.170 e. The Morgan fingerprint density at radius 2 is 1.21 bits per heavy atom. The van der Waals surface area contributed by atoms with E-state index in [9.17, 15) is 26.3 Å². The zero-order chi connectivity index (χ0) is 11.8. The summed E-state index contributed by atoms with van der Waals surface area (Å²) in [5, 5.41) is 0. The normalized spacial score (nSPS) is 16.9. The second kappa shape index (κ2) is 3.62. The fourth-order valence-electron chi connectivity index (χ4n) is 1.13. The number of hydrogen-bond acceptors (Lipinski definition) is 0. The van der Waals surface area contributed by atoms with Gasteiger partial charge in [-0.25, -0.2) is 0 Å². The molecule has 0 saturated heterocycles. The molecular weight excluding hydrogens is 210 g/mol. The van der Waals surface area contributed by atoms with Gasteiger partial charge in [0.15, 0.2) is 5.41 Å². The van der Waals surface area contributed by atoms with Crippen LogP contribution in [0.4, 0.5) is 26.3 Å². The Hall–Kier alpha value is -0.420. The number of alkyl halides is 6. The zero-order valence-corrected chi connectivity index (χ0v) is 8.05. The van der Waals surface area contributed by atoms with Crippen molar-refractivity contribution in [2.75, 3.05) is 0 Å². The molecule has 0 spiro atoms. The first-order chi connectivity index (χ1) is 5.98. The van der Waals surface area contributed by atoms with Crippen LogP contribution in [0.1, 0.15) is 27.2 Å². The fraction of sp³-hybridized carbons (Fsp3) is 1.00. The monoisotopic (exact) mass is 222 g/mol. The van der Waals surface area contributed by atoms with Gasteiger partial charge in [-0.15, -0.1) is 0 Å². The molecule has 0 nitrogen and oxygen atoms in total. The van der Waals surface area contributed by atoms with Crippen molar-refractivity contribution in [2.24, 2.45) is 11.3 Å². The van der Waals surface area contributed by atoms with Crippen molar-refractivity contribution in [1.82, 2.24) is 0 Å². The van der Waals surface area contributed by atoms with Gasteiger partial charge in [-0.05, 0) is 12.8 Å². The van der Waals surface area contributed by atoms with Crippen molar-refractivity contribution in [2.45, 2.75) is 39.5 Å². The molecule has 0 saturated carbocycles. The third kappa shape index (κ3) is 1.98. The van der Waals surface area contributed by atoms with Crippen LogP contribution in [0.5, 0.6) is 0 Å². The standard InChI is InChI=1S/C8H12F6/c1-4-5(2)6(3,7(9,10)11)8(12,13)14/h5H,4H2,1-3H3/t5-/m0/s1. The lowest BCUT2D eigenvalue weighted by molar-refractivity contribution is -0.350. The van der Waals surface area contributed by atoms with E-state index in [0.29, 0.717) is 0 Å². The van der Waals surface area contributed by atoms with E-state index in [0.717, 1.165) is 6.92 Å². The van der Waals surface area contributed by atoms with E-state index < -0.39 is 23.7 Å². The van der Waals surface area contributed by atoms with E-state index >= 15 is 0 Å². The molecule has 0 unspecified atom stereocenters. The van der Waals surface area contributed by atoms with Crippen LogP contribution in [0, 0.1) is 11.3 Å². The molecule has 14 heavy (non-hydrogen) atoms. The van der Waals surface area contributed by atoms with Crippen molar-refractivity contribution in [3.63, 3.8) is 0 Å². The first-order valence-electron chi connectivity index (χ1n) is 4.12. The lowest BCUT2D eigenvalue weighted by Gasteiger charge is -2.38. The first kappa shape index (κ1) is 13.6. The lowest BCUT2D eigenvalue weighted by Crippen LogP contribution is -2.51.